The molecule has 1 aromatic heterocycles. The maximum Gasteiger partial charge on any atom is 0.269 e. The van der Waals surface area contributed by atoms with Crippen LogP contribution in [-0.2, 0) is 6.54 Å². The van der Waals surface area contributed by atoms with E-state index in [0.717, 1.165) is 17.1 Å². The van der Waals surface area contributed by atoms with Gasteiger partial charge in [-0.05, 0) is 37.6 Å². The average molecular weight is 292 g/mol. The van der Waals surface area contributed by atoms with Gasteiger partial charge in [0.05, 0.1) is 16.3 Å². The number of nitrogens with one attached hydrogen (secondary N) is 1. The summed E-state index contributed by atoms with van der Waals surface area (Å²) in [6.45, 7) is 4.24. The number of nitro groups is 1. The molecule has 1 heterocycles. The highest BCUT2D eigenvalue weighted by Crippen LogP contribution is 2.23. The molecule has 0 aliphatic carbocycles. The van der Waals surface area contributed by atoms with Crippen LogP contribution in [0.2, 0.25) is 5.02 Å². The van der Waals surface area contributed by atoms with Gasteiger partial charge < -0.3 is 5.32 Å². The zero-order valence-corrected chi connectivity index (χ0v) is 11.9. The smallest absolute Gasteiger partial charge is 0.269 e. The third-order valence-corrected chi connectivity index (χ3v) is 3.30. The number of nitrogens with zero attached hydrogens (tertiary/aromatic N) is 2. The number of rotatable bonds is 4. The maximum atomic E-state index is 10.8. The van der Waals surface area contributed by atoms with E-state index in [2.05, 4.69) is 10.3 Å². The number of halogens is 1. The Labute approximate surface area is 121 Å². The lowest BCUT2D eigenvalue weighted by Gasteiger charge is -2.10. The first-order valence-electron chi connectivity index (χ1n) is 6.08. The highest BCUT2D eigenvalue weighted by molar-refractivity contribution is 6.31. The summed E-state index contributed by atoms with van der Waals surface area (Å²) in [5.41, 5.74) is 3.43. The van der Waals surface area contributed by atoms with Crippen molar-refractivity contribution in [3.05, 3.63) is 62.4 Å². The molecule has 0 saturated heterocycles. The van der Waals surface area contributed by atoms with Crippen LogP contribution in [0.4, 0.5) is 11.4 Å². The van der Waals surface area contributed by atoms with Crippen molar-refractivity contribution in [2.45, 2.75) is 20.4 Å². The molecule has 0 saturated carbocycles. The van der Waals surface area contributed by atoms with E-state index in [1.54, 1.807) is 0 Å². The van der Waals surface area contributed by atoms with Gasteiger partial charge in [-0.1, -0.05) is 11.6 Å². The fraction of sp³-hybridized carbons (Fsp3) is 0.214. The summed E-state index contributed by atoms with van der Waals surface area (Å²) in [6.07, 6.45) is 0. The highest BCUT2D eigenvalue weighted by atomic mass is 35.5. The molecule has 0 aliphatic heterocycles. The van der Waals surface area contributed by atoms with Gasteiger partial charge in [0.25, 0.3) is 5.69 Å². The fourth-order valence-corrected chi connectivity index (χ4v) is 2.06. The number of aromatic nitrogens is 1. The lowest BCUT2D eigenvalue weighted by atomic mass is 10.2. The Morgan fingerprint density at radius 3 is 2.70 bits per heavy atom. The van der Waals surface area contributed by atoms with Crippen molar-refractivity contribution in [1.29, 1.82) is 0 Å². The SMILES string of the molecule is Cc1ccc(NCc2cc([N+](=O)[O-])ccc2Cl)c(C)n1. The fourth-order valence-electron chi connectivity index (χ4n) is 1.87. The lowest BCUT2D eigenvalue weighted by Crippen LogP contribution is -2.03. The van der Waals surface area contributed by atoms with Crippen LogP contribution in [0.5, 0.6) is 0 Å². The lowest BCUT2D eigenvalue weighted by molar-refractivity contribution is -0.384. The van der Waals surface area contributed by atoms with Crippen molar-refractivity contribution in [3.8, 4) is 0 Å². The van der Waals surface area contributed by atoms with Crippen LogP contribution in [0.1, 0.15) is 17.0 Å². The number of aryl methyl sites for hydroxylation is 2. The second-order valence-electron chi connectivity index (χ2n) is 4.47. The minimum atomic E-state index is -0.432. The highest BCUT2D eigenvalue weighted by Gasteiger charge is 2.10. The molecule has 1 N–H and O–H groups in total. The molecule has 0 unspecified atom stereocenters. The Morgan fingerprint density at radius 2 is 2.05 bits per heavy atom. The first-order valence-corrected chi connectivity index (χ1v) is 6.46. The van der Waals surface area contributed by atoms with Crippen LogP contribution in [0.3, 0.4) is 0 Å². The quantitative estimate of drug-likeness (QED) is 0.686. The van der Waals surface area contributed by atoms with Crippen LogP contribution in [-0.4, -0.2) is 9.91 Å². The first-order chi connectivity index (χ1) is 9.47. The van der Waals surface area contributed by atoms with Gasteiger partial charge in [-0.2, -0.15) is 0 Å². The molecular weight excluding hydrogens is 278 g/mol. The molecule has 0 fully saturated rings. The largest absolute Gasteiger partial charge is 0.379 e. The minimum Gasteiger partial charge on any atom is -0.379 e. The summed E-state index contributed by atoms with van der Waals surface area (Å²) in [6, 6.07) is 8.25. The standard InChI is InChI=1S/C14H14ClN3O2/c1-9-3-6-14(10(2)17-9)16-8-11-7-12(18(19)20)4-5-13(11)15/h3-7,16H,8H2,1-2H3. The Hall–Kier alpha value is -2.14. The zero-order valence-electron chi connectivity index (χ0n) is 11.2. The van der Waals surface area contributed by atoms with Crippen molar-refractivity contribution >= 4 is 23.0 Å². The molecule has 104 valence electrons. The summed E-state index contributed by atoms with van der Waals surface area (Å²) in [5, 5.41) is 14.5. The van der Waals surface area contributed by atoms with Gasteiger partial charge in [0.15, 0.2) is 0 Å². The number of anilines is 1. The van der Waals surface area contributed by atoms with Crippen molar-refractivity contribution in [2.24, 2.45) is 0 Å². The first kappa shape index (κ1) is 14.3. The monoisotopic (exact) mass is 291 g/mol. The molecule has 0 aliphatic rings. The number of hydrogen-bond acceptors (Lipinski definition) is 4. The van der Waals surface area contributed by atoms with Crippen molar-refractivity contribution in [1.82, 2.24) is 4.98 Å². The van der Waals surface area contributed by atoms with Crippen LogP contribution < -0.4 is 5.32 Å². The van der Waals surface area contributed by atoms with E-state index in [1.165, 1.54) is 18.2 Å². The molecular formula is C14H14ClN3O2. The third-order valence-electron chi connectivity index (χ3n) is 2.93. The molecule has 1 aromatic carbocycles. The van der Waals surface area contributed by atoms with E-state index in [-0.39, 0.29) is 5.69 Å². The summed E-state index contributed by atoms with van der Waals surface area (Å²) < 4.78 is 0. The Bertz CT molecular complexity index is 659. The van der Waals surface area contributed by atoms with E-state index in [0.29, 0.717) is 17.1 Å². The normalized spacial score (nSPS) is 10.3. The molecule has 2 aromatic rings. The van der Waals surface area contributed by atoms with E-state index in [9.17, 15) is 10.1 Å². The van der Waals surface area contributed by atoms with Crippen LogP contribution >= 0.6 is 11.6 Å². The van der Waals surface area contributed by atoms with Gasteiger partial charge in [-0.3, -0.25) is 15.1 Å². The molecule has 20 heavy (non-hydrogen) atoms. The predicted octanol–water partition coefficient (Wildman–Crippen LogP) is 3.87. The molecule has 5 nitrogen and oxygen atoms in total. The molecule has 0 atom stereocenters. The number of non-ortho nitro benzene ring substituents is 1. The topological polar surface area (TPSA) is 68.1 Å². The van der Waals surface area contributed by atoms with Crippen molar-refractivity contribution < 1.29 is 4.92 Å². The van der Waals surface area contributed by atoms with Crippen molar-refractivity contribution in [2.75, 3.05) is 5.32 Å². The molecule has 0 amide bonds. The second-order valence-corrected chi connectivity index (χ2v) is 4.88. The van der Waals surface area contributed by atoms with Gasteiger partial charge >= 0.3 is 0 Å². The van der Waals surface area contributed by atoms with Gasteiger partial charge in [-0.15, -0.1) is 0 Å². The minimum absolute atomic E-state index is 0.0324. The van der Waals surface area contributed by atoms with Crippen LogP contribution in [0, 0.1) is 24.0 Å². The summed E-state index contributed by atoms with van der Waals surface area (Å²) in [5.74, 6) is 0. The van der Waals surface area contributed by atoms with Gasteiger partial charge in [0.2, 0.25) is 0 Å². The number of benzene rings is 1. The summed E-state index contributed by atoms with van der Waals surface area (Å²) >= 11 is 6.05. The maximum absolute atomic E-state index is 10.8. The average Bonchev–Trinajstić information content (AvgIpc) is 2.39. The predicted molar refractivity (Wildman–Crippen MR) is 79.1 cm³/mol. The Morgan fingerprint density at radius 1 is 1.30 bits per heavy atom. The van der Waals surface area contributed by atoms with Crippen LogP contribution in [0.15, 0.2) is 30.3 Å². The molecule has 6 heteroatoms. The number of hydrogen-bond donors (Lipinski definition) is 1. The van der Waals surface area contributed by atoms with E-state index >= 15 is 0 Å². The number of nitro benzene ring substituents is 1. The Kier molecular flexibility index (Phi) is 4.20. The van der Waals surface area contributed by atoms with Gasteiger partial charge in [-0.25, -0.2) is 0 Å². The summed E-state index contributed by atoms with van der Waals surface area (Å²) in [7, 11) is 0. The zero-order chi connectivity index (χ0) is 14.7. The van der Waals surface area contributed by atoms with Crippen LogP contribution in [0.25, 0.3) is 0 Å². The molecule has 0 radical (unpaired) electrons. The van der Waals surface area contributed by atoms with Gasteiger partial charge in [0.1, 0.15) is 0 Å². The van der Waals surface area contributed by atoms with E-state index in [4.69, 9.17) is 11.6 Å². The second kappa shape index (κ2) is 5.88. The molecule has 2 rings (SSSR count). The Balaban J connectivity index is 2.18. The van der Waals surface area contributed by atoms with E-state index in [1.807, 2.05) is 26.0 Å². The van der Waals surface area contributed by atoms with Crippen molar-refractivity contribution in [3.63, 3.8) is 0 Å². The molecule has 0 bridgehead atoms. The molecule has 0 spiro atoms. The van der Waals surface area contributed by atoms with Gasteiger partial charge in [0, 0.05) is 29.4 Å². The third kappa shape index (κ3) is 3.24. The van der Waals surface area contributed by atoms with E-state index < -0.39 is 4.92 Å². The summed E-state index contributed by atoms with van der Waals surface area (Å²) in [4.78, 5) is 14.7. The number of pyridine rings is 1.